The molecule has 0 N–H and O–H groups in total. The molecule has 1 atom stereocenters. The maximum Gasteiger partial charge on any atom is 0.124 e. The maximum atomic E-state index is 13.0. The number of alkyl halides is 1. The summed E-state index contributed by atoms with van der Waals surface area (Å²) in [5.74, 6) is 0.383. The van der Waals surface area contributed by atoms with Crippen LogP contribution in [-0.4, -0.2) is 5.88 Å². The molecular formula is C16H15Cl2F. The summed E-state index contributed by atoms with van der Waals surface area (Å²) in [7, 11) is 0. The Morgan fingerprint density at radius 1 is 1.16 bits per heavy atom. The van der Waals surface area contributed by atoms with Gasteiger partial charge in [0.15, 0.2) is 0 Å². The zero-order valence-electron chi connectivity index (χ0n) is 10.7. The lowest BCUT2D eigenvalue weighted by Gasteiger charge is -2.16. The molecule has 2 rings (SSSR count). The van der Waals surface area contributed by atoms with Crippen molar-refractivity contribution in [2.24, 2.45) is 0 Å². The second kappa shape index (κ2) is 6.40. The van der Waals surface area contributed by atoms with Crippen molar-refractivity contribution in [2.75, 3.05) is 5.88 Å². The molecule has 2 aromatic rings. The first-order chi connectivity index (χ1) is 9.10. The Labute approximate surface area is 123 Å². The van der Waals surface area contributed by atoms with E-state index in [2.05, 4.69) is 25.1 Å². The molecule has 0 fully saturated rings. The predicted octanol–water partition coefficient (Wildman–Crippen LogP) is 5.35. The molecule has 0 aromatic heterocycles. The molecule has 0 saturated heterocycles. The summed E-state index contributed by atoms with van der Waals surface area (Å²) < 4.78 is 13.0. The Balaban J connectivity index is 2.24. The van der Waals surface area contributed by atoms with Crippen molar-refractivity contribution < 1.29 is 4.39 Å². The van der Waals surface area contributed by atoms with Crippen molar-refractivity contribution in [1.29, 1.82) is 0 Å². The SMILES string of the molecule is Cc1cccc(C(CCl)Cc2ccc(F)cc2Cl)c1. The van der Waals surface area contributed by atoms with Crippen LogP contribution in [0.15, 0.2) is 42.5 Å². The first kappa shape index (κ1) is 14.4. The van der Waals surface area contributed by atoms with Gasteiger partial charge in [-0.1, -0.05) is 47.5 Å². The summed E-state index contributed by atoms with van der Waals surface area (Å²) in [5.41, 5.74) is 3.32. The lowest BCUT2D eigenvalue weighted by molar-refractivity contribution is 0.626. The van der Waals surface area contributed by atoms with E-state index in [1.165, 1.54) is 23.3 Å². The van der Waals surface area contributed by atoms with E-state index in [1.54, 1.807) is 6.07 Å². The highest BCUT2D eigenvalue weighted by Crippen LogP contribution is 2.27. The smallest absolute Gasteiger partial charge is 0.124 e. The third kappa shape index (κ3) is 3.71. The van der Waals surface area contributed by atoms with Gasteiger partial charge in [-0.05, 0) is 36.6 Å². The topological polar surface area (TPSA) is 0 Å². The molecule has 0 aliphatic carbocycles. The molecule has 0 heterocycles. The largest absolute Gasteiger partial charge is 0.207 e. The van der Waals surface area contributed by atoms with E-state index in [9.17, 15) is 4.39 Å². The Kier molecular flexibility index (Phi) is 4.84. The molecule has 0 radical (unpaired) electrons. The van der Waals surface area contributed by atoms with Crippen LogP contribution in [0.4, 0.5) is 4.39 Å². The van der Waals surface area contributed by atoms with Crippen LogP contribution in [0.1, 0.15) is 22.6 Å². The van der Waals surface area contributed by atoms with Crippen molar-refractivity contribution in [3.63, 3.8) is 0 Å². The Morgan fingerprint density at radius 3 is 2.58 bits per heavy atom. The first-order valence-electron chi connectivity index (χ1n) is 6.16. The summed E-state index contributed by atoms with van der Waals surface area (Å²) in [4.78, 5) is 0. The van der Waals surface area contributed by atoms with Crippen molar-refractivity contribution in [1.82, 2.24) is 0 Å². The Hall–Kier alpha value is -1.05. The summed E-state index contributed by atoms with van der Waals surface area (Å²) >= 11 is 12.1. The average molecular weight is 297 g/mol. The minimum Gasteiger partial charge on any atom is -0.207 e. The van der Waals surface area contributed by atoms with Crippen LogP contribution in [0.3, 0.4) is 0 Å². The van der Waals surface area contributed by atoms with Crippen LogP contribution in [-0.2, 0) is 6.42 Å². The van der Waals surface area contributed by atoms with Gasteiger partial charge in [-0.3, -0.25) is 0 Å². The number of benzene rings is 2. The summed E-state index contributed by atoms with van der Waals surface area (Å²) in [6.45, 7) is 2.06. The van der Waals surface area contributed by atoms with Crippen LogP contribution in [0.25, 0.3) is 0 Å². The van der Waals surface area contributed by atoms with E-state index in [1.807, 2.05) is 6.07 Å². The zero-order chi connectivity index (χ0) is 13.8. The monoisotopic (exact) mass is 296 g/mol. The molecule has 100 valence electrons. The molecule has 0 aliphatic heterocycles. The van der Waals surface area contributed by atoms with Crippen molar-refractivity contribution >= 4 is 23.2 Å². The summed E-state index contributed by atoms with van der Waals surface area (Å²) in [6, 6.07) is 12.8. The fourth-order valence-corrected chi connectivity index (χ4v) is 2.67. The van der Waals surface area contributed by atoms with Gasteiger partial charge in [-0.2, -0.15) is 0 Å². The number of halogens is 3. The van der Waals surface area contributed by atoms with Gasteiger partial charge >= 0.3 is 0 Å². The minimum absolute atomic E-state index is 0.185. The highest BCUT2D eigenvalue weighted by atomic mass is 35.5. The number of hydrogen-bond donors (Lipinski definition) is 0. The fraction of sp³-hybridized carbons (Fsp3) is 0.250. The molecule has 0 saturated carbocycles. The molecule has 0 aliphatic rings. The average Bonchev–Trinajstić information content (AvgIpc) is 2.38. The highest BCUT2D eigenvalue weighted by molar-refractivity contribution is 6.31. The molecule has 19 heavy (non-hydrogen) atoms. The Morgan fingerprint density at radius 2 is 1.95 bits per heavy atom. The second-order valence-electron chi connectivity index (χ2n) is 4.71. The zero-order valence-corrected chi connectivity index (χ0v) is 12.2. The van der Waals surface area contributed by atoms with E-state index in [-0.39, 0.29) is 11.7 Å². The molecule has 1 unspecified atom stereocenters. The quantitative estimate of drug-likeness (QED) is 0.667. The van der Waals surface area contributed by atoms with Gasteiger partial charge in [-0.15, -0.1) is 11.6 Å². The lowest BCUT2D eigenvalue weighted by atomic mass is 9.92. The van der Waals surface area contributed by atoms with Crippen LogP contribution in [0.5, 0.6) is 0 Å². The normalized spacial score (nSPS) is 12.4. The van der Waals surface area contributed by atoms with Crippen LogP contribution in [0.2, 0.25) is 5.02 Å². The van der Waals surface area contributed by atoms with Gasteiger partial charge in [0.05, 0.1) is 0 Å². The third-order valence-corrected chi connectivity index (χ3v) is 3.91. The van der Waals surface area contributed by atoms with Crippen molar-refractivity contribution in [3.8, 4) is 0 Å². The molecule has 0 nitrogen and oxygen atoms in total. The predicted molar refractivity (Wildman–Crippen MR) is 79.8 cm³/mol. The molecular weight excluding hydrogens is 282 g/mol. The second-order valence-corrected chi connectivity index (χ2v) is 5.42. The summed E-state index contributed by atoms with van der Waals surface area (Å²) in [5, 5.41) is 0.461. The third-order valence-electron chi connectivity index (χ3n) is 3.18. The van der Waals surface area contributed by atoms with Gasteiger partial charge in [0.1, 0.15) is 5.82 Å². The number of aryl methyl sites for hydroxylation is 1. The highest BCUT2D eigenvalue weighted by Gasteiger charge is 2.13. The van der Waals surface area contributed by atoms with E-state index in [0.29, 0.717) is 17.3 Å². The first-order valence-corrected chi connectivity index (χ1v) is 7.08. The minimum atomic E-state index is -0.313. The van der Waals surface area contributed by atoms with Gasteiger partial charge in [-0.25, -0.2) is 4.39 Å². The van der Waals surface area contributed by atoms with Gasteiger partial charge in [0.2, 0.25) is 0 Å². The lowest BCUT2D eigenvalue weighted by Crippen LogP contribution is -2.05. The molecule has 0 spiro atoms. The number of rotatable bonds is 4. The van der Waals surface area contributed by atoms with Gasteiger partial charge < -0.3 is 0 Å². The van der Waals surface area contributed by atoms with Crippen LogP contribution in [0, 0.1) is 12.7 Å². The van der Waals surface area contributed by atoms with E-state index in [4.69, 9.17) is 23.2 Å². The van der Waals surface area contributed by atoms with E-state index < -0.39 is 0 Å². The molecule has 3 heteroatoms. The number of hydrogen-bond acceptors (Lipinski definition) is 0. The maximum absolute atomic E-state index is 13.0. The van der Waals surface area contributed by atoms with Crippen LogP contribution < -0.4 is 0 Å². The molecule has 0 bridgehead atoms. The molecule has 0 amide bonds. The van der Waals surface area contributed by atoms with Gasteiger partial charge in [0, 0.05) is 16.8 Å². The van der Waals surface area contributed by atoms with Crippen molar-refractivity contribution in [2.45, 2.75) is 19.3 Å². The Bertz CT molecular complexity index is 566. The standard InChI is InChI=1S/C16H15Cl2F/c1-11-3-2-4-12(7-11)14(10-17)8-13-5-6-15(19)9-16(13)18/h2-7,9,14H,8,10H2,1H3. The van der Waals surface area contributed by atoms with E-state index in [0.717, 1.165) is 5.56 Å². The van der Waals surface area contributed by atoms with Crippen molar-refractivity contribution in [3.05, 3.63) is 70.0 Å². The van der Waals surface area contributed by atoms with E-state index >= 15 is 0 Å². The van der Waals surface area contributed by atoms with Crippen LogP contribution >= 0.6 is 23.2 Å². The van der Waals surface area contributed by atoms with Gasteiger partial charge in [0.25, 0.3) is 0 Å². The summed E-state index contributed by atoms with van der Waals surface area (Å²) in [6.07, 6.45) is 0.714. The molecule has 2 aromatic carbocycles. The fourth-order valence-electron chi connectivity index (χ4n) is 2.14.